The number of aromatic nitrogens is 1. The number of carbonyl (C=O) groups excluding carboxylic acids is 1. The van der Waals surface area contributed by atoms with Crippen molar-refractivity contribution < 1.29 is 9.21 Å². The van der Waals surface area contributed by atoms with E-state index in [1.54, 1.807) is 34.6 Å². The number of hydrogen-bond donors (Lipinski definition) is 0. The van der Waals surface area contributed by atoms with Crippen LogP contribution in [0.3, 0.4) is 0 Å². The number of furan rings is 1. The lowest BCUT2D eigenvalue weighted by Gasteiger charge is -2.22. The minimum Gasteiger partial charge on any atom is -0.459 e. The van der Waals surface area contributed by atoms with Gasteiger partial charge in [0.1, 0.15) is 5.01 Å². The van der Waals surface area contributed by atoms with Crippen LogP contribution in [-0.4, -0.2) is 15.8 Å². The van der Waals surface area contributed by atoms with E-state index in [1.807, 2.05) is 35.7 Å². The van der Waals surface area contributed by atoms with Crippen LogP contribution >= 0.6 is 11.3 Å². The number of rotatable bonds is 6. The molecule has 4 nitrogen and oxygen atoms in total. The van der Waals surface area contributed by atoms with E-state index in [1.165, 1.54) is 6.26 Å². The molecule has 1 amide bonds. The Morgan fingerprint density at radius 2 is 1.78 bits per heavy atom. The number of nitrogens with zero attached hydrogens (tertiary/aromatic N) is 2. The van der Waals surface area contributed by atoms with Crippen molar-refractivity contribution in [1.29, 1.82) is 0 Å². The first-order valence-electron chi connectivity index (χ1n) is 8.66. The molecule has 4 aromatic rings. The molecule has 0 saturated carbocycles. The van der Waals surface area contributed by atoms with Crippen molar-refractivity contribution in [3.05, 3.63) is 101 Å². The molecule has 0 radical (unpaired) electrons. The van der Waals surface area contributed by atoms with Gasteiger partial charge in [-0.15, -0.1) is 11.3 Å². The Balaban J connectivity index is 1.67. The van der Waals surface area contributed by atoms with Crippen LogP contribution in [0, 0.1) is 0 Å². The molecule has 0 atom stereocenters. The topological polar surface area (TPSA) is 46.3 Å². The SMILES string of the molecule is O=C(c1ccco1)N(Cc1nccs1)Cc1ccccc1-c1ccccc1. The third kappa shape index (κ3) is 3.99. The lowest BCUT2D eigenvalue weighted by molar-refractivity contribution is 0.0697. The van der Waals surface area contributed by atoms with Crippen molar-refractivity contribution in [2.24, 2.45) is 0 Å². The molecule has 0 unspecified atom stereocenters. The van der Waals surface area contributed by atoms with Gasteiger partial charge >= 0.3 is 0 Å². The van der Waals surface area contributed by atoms with Crippen molar-refractivity contribution in [2.45, 2.75) is 13.1 Å². The van der Waals surface area contributed by atoms with Gasteiger partial charge in [0, 0.05) is 18.1 Å². The Morgan fingerprint density at radius 3 is 2.52 bits per heavy atom. The van der Waals surface area contributed by atoms with Crippen molar-refractivity contribution in [1.82, 2.24) is 9.88 Å². The zero-order valence-electron chi connectivity index (χ0n) is 14.6. The van der Waals surface area contributed by atoms with Gasteiger partial charge in [-0.1, -0.05) is 54.6 Å². The summed E-state index contributed by atoms with van der Waals surface area (Å²) in [6, 6.07) is 21.8. The molecule has 2 heterocycles. The first-order valence-corrected chi connectivity index (χ1v) is 9.54. The van der Waals surface area contributed by atoms with Gasteiger partial charge in [0.25, 0.3) is 5.91 Å². The van der Waals surface area contributed by atoms with Gasteiger partial charge in [0.05, 0.1) is 12.8 Å². The number of hydrogen-bond acceptors (Lipinski definition) is 4. The highest BCUT2D eigenvalue weighted by molar-refractivity contribution is 7.09. The van der Waals surface area contributed by atoms with Gasteiger partial charge in [-0.2, -0.15) is 0 Å². The standard InChI is InChI=1S/C22H18N2O2S/c25-22(20-11-6-13-26-20)24(16-21-23-12-14-27-21)15-18-9-4-5-10-19(18)17-7-2-1-3-8-17/h1-14H,15-16H2. The highest BCUT2D eigenvalue weighted by Gasteiger charge is 2.21. The molecule has 134 valence electrons. The van der Waals surface area contributed by atoms with Crippen LogP contribution in [0.5, 0.6) is 0 Å². The molecule has 0 N–H and O–H groups in total. The van der Waals surface area contributed by atoms with Crippen LogP contribution in [0.15, 0.2) is 89.0 Å². The highest BCUT2D eigenvalue weighted by atomic mass is 32.1. The molecule has 0 spiro atoms. The fraction of sp³-hybridized carbons (Fsp3) is 0.0909. The molecule has 27 heavy (non-hydrogen) atoms. The molecule has 0 bridgehead atoms. The van der Waals surface area contributed by atoms with Crippen LogP contribution in [0.2, 0.25) is 0 Å². The third-order valence-corrected chi connectivity index (χ3v) is 5.06. The second-order valence-electron chi connectivity index (χ2n) is 6.09. The van der Waals surface area contributed by atoms with Crippen LogP contribution in [0.25, 0.3) is 11.1 Å². The zero-order valence-corrected chi connectivity index (χ0v) is 15.4. The second-order valence-corrected chi connectivity index (χ2v) is 7.07. The third-order valence-electron chi connectivity index (χ3n) is 4.29. The maximum absolute atomic E-state index is 13.0. The smallest absolute Gasteiger partial charge is 0.290 e. The van der Waals surface area contributed by atoms with Gasteiger partial charge in [0.2, 0.25) is 0 Å². The zero-order chi connectivity index (χ0) is 18.5. The average Bonchev–Trinajstić information content (AvgIpc) is 3.42. The molecule has 0 aliphatic carbocycles. The molecule has 5 heteroatoms. The van der Waals surface area contributed by atoms with Crippen LogP contribution in [0.4, 0.5) is 0 Å². The summed E-state index contributed by atoms with van der Waals surface area (Å²) in [6.07, 6.45) is 3.28. The van der Waals surface area contributed by atoms with E-state index in [0.29, 0.717) is 18.8 Å². The summed E-state index contributed by atoms with van der Waals surface area (Å²) in [5.74, 6) is 0.196. The maximum atomic E-state index is 13.0. The van der Waals surface area contributed by atoms with Gasteiger partial charge in [0.15, 0.2) is 5.76 Å². The molecule has 0 saturated heterocycles. The molecule has 4 rings (SSSR count). The van der Waals surface area contributed by atoms with Crippen molar-refractivity contribution >= 4 is 17.2 Å². The summed E-state index contributed by atoms with van der Waals surface area (Å²) in [4.78, 5) is 19.1. The number of thiazole rings is 1. The van der Waals surface area contributed by atoms with Crippen molar-refractivity contribution in [2.75, 3.05) is 0 Å². The molecule has 2 aromatic carbocycles. The number of amides is 1. The summed E-state index contributed by atoms with van der Waals surface area (Å²) in [6.45, 7) is 0.921. The van der Waals surface area contributed by atoms with Crippen LogP contribution in [0.1, 0.15) is 21.1 Å². The highest BCUT2D eigenvalue weighted by Crippen LogP contribution is 2.26. The molecule has 0 fully saturated rings. The summed E-state index contributed by atoms with van der Waals surface area (Å²) in [5, 5.41) is 2.81. The predicted molar refractivity (Wildman–Crippen MR) is 106 cm³/mol. The monoisotopic (exact) mass is 374 g/mol. The van der Waals surface area contributed by atoms with E-state index >= 15 is 0 Å². The van der Waals surface area contributed by atoms with Crippen molar-refractivity contribution in [3.63, 3.8) is 0 Å². The predicted octanol–water partition coefficient (Wildman–Crippen LogP) is 5.25. The van der Waals surface area contributed by atoms with E-state index in [4.69, 9.17) is 4.42 Å². The van der Waals surface area contributed by atoms with E-state index in [0.717, 1.165) is 21.7 Å². The molecule has 2 aromatic heterocycles. The summed E-state index contributed by atoms with van der Waals surface area (Å²) in [5.41, 5.74) is 3.34. The Hall–Kier alpha value is -3.18. The first kappa shape index (κ1) is 17.2. The van der Waals surface area contributed by atoms with Gasteiger partial charge in [-0.05, 0) is 28.8 Å². The lowest BCUT2D eigenvalue weighted by atomic mass is 9.99. The summed E-state index contributed by atoms with van der Waals surface area (Å²) in [7, 11) is 0. The quantitative estimate of drug-likeness (QED) is 0.463. The van der Waals surface area contributed by atoms with E-state index in [9.17, 15) is 4.79 Å². The minimum atomic E-state index is -0.141. The average molecular weight is 374 g/mol. The lowest BCUT2D eigenvalue weighted by Crippen LogP contribution is -2.30. The van der Waals surface area contributed by atoms with Gasteiger partial charge in [-0.25, -0.2) is 4.98 Å². The number of benzene rings is 2. The summed E-state index contributed by atoms with van der Waals surface area (Å²) < 4.78 is 5.34. The molecule has 0 aliphatic rings. The van der Waals surface area contributed by atoms with Crippen LogP contribution in [-0.2, 0) is 13.1 Å². The normalized spacial score (nSPS) is 10.7. The Labute approximate surface area is 161 Å². The molecule has 0 aliphatic heterocycles. The van der Waals surface area contributed by atoms with Crippen LogP contribution < -0.4 is 0 Å². The Morgan fingerprint density at radius 1 is 0.963 bits per heavy atom. The fourth-order valence-electron chi connectivity index (χ4n) is 3.01. The van der Waals surface area contributed by atoms with E-state index < -0.39 is 0 Å². The minimum absolute atomic E-state index is 0.141. The van der Waals surface area contributed by atoms with E-state index in [-0.39, 0.29) is 5.91 Å². The largest absolute Gasteiger partial charge is 0.459 e. The maximum Gasteiger partial charge on any atom is 0.290 e. The first-order chi connectivity index (χ1) is 13.3. The van der Waals surface area contributed by atoms with Crippen molar-refractivity contribution in [3.8, 4) is 11.1 Å². The van der Waals surface area contributed by atoms with Gasteiger partial charge in [-0.3, -0.25) is 4.79 Å². The van der Waals surface area contributed by atoms with Gasteiger partial charge < -0.3 is 9.32 Å². The fourth-order valence-corrected chi connectivity index (χ4v) is 3.64. The molecular formula is C22H18N2O2S. The molecular weight excluding hydrogens is 356 g/mol. The van der Waals surface area contributed by atoms with E-state index in [2.05, 4.69) is 29.2 Å². The Kier molecular flexibility index (Phi) is 5.12. The second kappa shape index (κ2) is 8.01. The number of carbonyl (C=O) groups is 1. The Bertz CT molecular complexity index is 996. The summed E-state index contributed by atoms with van der Waals surface area (Å²) >= 11 is 1.54.